The van der Waals surface area contributed by atoms with Gasteiger partial charge in [-0.15, -0.1) is 0 Å². The Bertz CT molecular complexity index is 1250. The van der Waals surface area contributed by atoms with E-state index < -0.39 is 62.5 Å². The zero-order valence-corrected chi connectivity index (χ0v) is 32.2. The van der Waals surface area contributed by atoms with Gasteiger partial charge in [0, 0.05) is 6.07 Å². The Balaban J connectivity index is 0.00000122. The number of nitrogens with two attached hydrogens (primary N) is 1. The molecule has 1 saturated heterocycles. The molecule has 1 aromatic heterocycles. The number of carbonyl (C=O) groups is 1. The molecule has 1 amide bonds. The third-order valence-electron chi connectivity index (χ3n) is 9.25. The van der Waals surface area contributed by atoms with Crippen molar-refractivity contribution in [3.63, 3.8) is 0 Å². The van der Waals surface area contributed by atoms with Crippen LogP contribution in [0, 0.1) is 0 Å². The van der Waals surface area contributed by atoms with E-state index in [0.717, 1.165) is 0 Å². The quantitative estimate of drug-likeness (QED) is 0.0734. The summed E-state index contributed by atoms with van der Waals surface area (Å²) in [6.45, 7) is 25.6. The van der Waals surface area contributed by atoms with E-state index in [1.165, 1.54) is 29.1 Å². The molecule has 47 heavy (non-hydrogen) atoms. The highest BCUT2D eigenvalue weighted by Gasteiger charge is 2.67. The Labute approximate surface area is 278 Å². The minimum atomic E-state index is -6.09. The van der Waals surface area contributed by atoms with Gasteiger partial charge >= 0.3 is 17.7 Å². The fraction of sp³-hybridized carbons (Fsp3) is 0.800. The lowest BCUT2D eigenvalue weighted by molar-refractivity contribution is -0.775. The summed E-state index contributed by atoms with van der Waals surface area (Å²) in [5.41, 5.74) is 1.20. The Morgan fingerprint density at radius 1 is 0.936 bits per heavy atom. The molecule has 0 aliphatic carbocycles. The Kier molecular flexibility index (Phi) is 14.8. The first kappa shape index (κ1) is 43.5. The van der Waals surface area contributed by atoms with Gasteiger partial charge in [0.1, 0.15) is 17.8 Å². The van der Waals surface area contributed by atoms with Crippen molar-refractivity contribution in [3.8, 4) is 0 Å². The molecule has 274 valence electrons. The summed E-state index contributed by atoms with van der Waals surface area (Å²) >= 11 is 0. The molecule has 0 saturated carbocycles. The van der Waals surface area contributed by atoms with Crippen LogP contribution in [-0.4, -0.2) is 65.8 Å². The molecule has 2 N–H and O–H groups in total. The van der Waals surface area contributed by atoms with Crippen molar-refractivity contribution < 1.29 is 57.9 Å². The van der Waals surface area contributed by atoms with E-state index in [1.54, 1.807) is 0 Å². The number of amides is 1. The maximum absolute atomic E-state index is 16.5. The van der Waals surface area contributed by atoms with Crippen LogP contribution < -0.4 is 10.3 Å². The normalized spacial score (nSPS) is 20.9. The molecule has 0 aromatic carbocycles. The maximum atomic E-state index is 16.5. The first-order valence-corrected chi connectivity index (χ1v) is 21.5. The summed E-state index contributed by atoms with van der Waals surface area (Å²) in [7, 11) is -11.2. The van der Waals surface area contributed by atoms with E-state index in [1.807, 2.05) is 0 Å². The fourth-order valence-electron chi connectivity index (χ4n) is 7.41. The van der Waals surface area contributed by atoms with Crippen molar-refractivity contribution >= 4 is 32.7 Å². The van der Waals surface area contributed by atoms with Gasteiger partial charge in [-0.25, -0.2) is 8.42 Å². The molecule has 0 bridgehead atoms. The monoisotopic (exact) mass is 736 g/mol. The highest BCUT2D eigenvalue weighted by molar-refractivity contribution is 7.86. The molecule has 2 rings (SSSR count). The number of alkyl halides is 5. The lowest BCUT2D eigenvalue weighted by Gasteiger charge is -2.46. The van der Waals surface area contributed by atoms with Gasteiger partial charge < -0.3 is 23.9 Å². The molecular formula is C30H53F5N2O7SSi2. The topological polar surface area (TPSA) is 132 Å². The van der Waals surface area contributed by atoms with Crippen molar-refractivity contribution in [2.24, 2.45) is 5.73 Å². The lowest BCUT2D eigenvalue weighted by Crippen LogP contribution is -2.58. The van der Waals surface area contributed by atoms with Crippen LogP contribution in [0.3, 0.4) is 0 Å². The summed E-state index contributed by atoms with van der Waals surface area (Å²) < 4.78 is 113. The molecule has 9 nitrogen and oxygen atoms in total. The average Bonchev–Trinajstić information content (AvgIpc) is 3.14. The minimum Gasteiger partial charge on any atom is -0.741 e. The molecule has 17 heteroatoms. The van der Waals surface area contributed by atoms with Gasteiger partial charge in [0.2, 0.25) is 8.32 Å². The number of aromatic nitrogens is 1. The Hall–Kier alpha value is -1.51. The molecule has 1 unspecified atom stereocenters. The average molecular weight is 737 g/mol. The second-order valence-corrected chi connectivity index (χ2v) is 26.2. The van der Waals surface area contributed by atoms with Crippen molar-refractivity contribution in [1.82, 2.24) is 0 Å². The van der Waals surface area contributed by atoms with Crippen molar-refractivity contribution in [2.45, 2.75) is 146 Å². The molecule has 0 spiro atoms. The van der Waals surface area contributed by atoms with Crippen molar-refractivity contribution in [2.75, 3.05) is 6.61 Å². The summed E-state index contributed by atoms with van der Waals surface area (Å²) in [6.07, 6.45) is -1.29. The van der Waals surface area contributed by atoms with E-state index in [4.69, 9.17) is 32.3 Å². The smallest absolute Gasteiger partial charge is 0.485 e. The number of hydrogen-bond donors (Lipinski definition) is 1. The Morgan fingerprint density at radius 2 is 1.34 bits per heavy atom. The van der Waals surface area contributed by atoms with Gasteiger partial charge in [-0.1, -0.05) is 83.1 Å². The number of carbonyl (C=O) groups excluding carboxylic acids is 1. The SMILES string of the molecule is CC(C)[Si](OC[C@H]1OC([n+]2cccc(C(N)=O)c2)C(F)(F)[C@@H]1O[Si](C(C)C)(C(C)C)C(C)C)(C(C)C)C(C)C.O=S(=O)([O-])C(F)(F)F. The number of ether oxygens (including phenoxy) is 1. The third kappa shape index (κ3) is 9.39. The summed E-state index contributed by atoms with van der Waals surface area (Å²) in [5.74, 6) is -4.06. The van der Waals surface area contributed by atoms with Gasteiger partial charge in [-0.3, -0.25) is 4.79 Å². The molecule has 1 aliphatic rings. The highest BCUT2D eigenvalue weighted by Crippen LogP contribution is 2.50. The van der Waals surface area contributed by atoms with Crippen LogP contribution in [0.2, 0.25) is 33.2 Å². The third-order valence-corrected chi connectivity index (χ3v) is 22.0. The van der Waals surface area contributed by atoms with Crippen LogP contribution in [-0.2, 0) is 23.7 Å². The molecule has 1 aromatic rings. The van der Waals surface area contributed by atoms with Crippen LogP contribution in [0.25, 0.3) is 0 Å². The lowest BCUT2D eigenvalue weighted by atomic mass is 10.1. The maximum Gasteiger partial charge on any atom is 0.485 e. The van der Waals surface area contributed by atoms with Gasteiger partial charge in [0.25, 0.3) is 5.91 Å². The van der Waals surface area contributed by atoms with Crippen LogP contribution in [0.4, 0.5) is 22.0 Å². The van der Waals surface area contributed by atoms with Gasteiger partial charge in [0.05, 0.1) is 6.61 Å². The van der Waals surface area contributed by atoms with Crippen LogP contribution in [0.1, 0.15) is 99.7 Å². The first-order chi connectivity index (χ1) is 21.1. The molecular weight excluding hydrogens is 684 g/mol. The van der Waals surface area contributed by atoms with E-state index >= 15 is 8.78 Å². The predicted octanol–water partition coefficient (Wildman–Crippen LogP) is 7.41. The van der Waals surface area contributed by atoms with Gasteiger partial charge in [-0.05, 0) is 39.3 Å². The molecule has 1 aliphatic heterocycles. The second-order valence-electron chi connectivity index (χ2n) is 14.0. The number of pyridine rings is 1. The van der Waals surface area contributed by atoms with E-state index in [9.17, 15) is 18.0 Å². The molecule has 0 radical (unpaired) electrons. The van der Waals surface area contributed by atoms with E-state index in [0.29, 0.717) is 16.6 Å². The zero-order valence-electron chi connectivity index (χ0n) is 29.4. The number of hydrogen-bond acceptors (Lipinski definition) is 7. The molecule has 2 heterocycles. The summed E-state index contributed by atoms with van der Waals surface area (Å²) in [4.78, 5) is 11.8. The Morgan fingerprint density at radius 3 is 1.68 bits per heavy atom. The number of nitrogens with zero attached hydrogens (tertiary/aromatic N) is 1. The zero-order chi connectivity index (χ0) is 37.1. The summed E-state index contributed by atoms with van der Waals surface area (Å²) in [5, 5.41) is 0. The first-order valence-electron chi connectivity index (χ1n) is 15.8. The standard InChI is InChI=1S/C29H52F2N2O4Si2.CHF3O3S/c1-18(2)38(19(3)4,20(5)6)35-17-25-26(37-39(21(7)8,22(9)10)23(11)12)29(30,31)28(36-25)33-15-13-14-24(16-33)27(32)34;2-1(3,4)8(5,6)7/h13-16,18-23,25-26,28H,17H2,1-12H3,(H-,32,34);(H,5,6,7)/t25-,26-,28?;/m1./s1. The van der Waals surface area contributed by atoms with Crippen LogP contribution in [0.5, 0.6) is 0 Å². The largest absolute Gasteiger partial charge is 0.741 e. The van der Waals surface area contributed by atoms with E-state index in [2.05, 4.69) is 83.1 Å². The van der Waals surface area contributed by atoms with Crippen LogP contribution in [0.15, 0.2) is 24.5 Å². The number of halogens is 5. The van der Waals surface area contributed by atoms with E-state index in [-0.39, 0.29) is 28.8 Å². The van der Waals surface area contributed by atoms with Crippen molar-refractivity contribution in [3.05, 3.63) is 30.1 Å². The second kappa shape index (κ2) is 16.0. The minimum absolute atomic E-state index is 0.0341. The van der Waals surface area contributed by atoms with Crippen LogP contribution >= 0.6 is 0 Å². The van der Waals surface area contributed by atoms with Gasteiger partial charge in [0.15, 0.2) is 30.8 Å². The number of rotatable bonds is 13. The van der Waals surface area contributed by atoms with Gasteiger partial charge in [-0.2, -0.15) is 26.5 Å². The van der Waals surface area contributed by atoms with Crippen molar-refractivity contribution in [1.29, 1.82) is 0 Å². The fourth-order valence-corrected chi connectivity index (χ4v) is 18.4. The highest BCUT2D eigenvalue weighted by atomic mass is 32.2. The predicted molar refractivity (Wildman–Crippen MR) is 173 cm³/mol. The molecule has 1 fully saturated rings. The summed E-state index contributed by atoms with van der Waals surface area (Å²) in [6, 6.07) is 3.03. The molecule has 3 atom stereocenters. The number of primary amides is 1.